The number of carboxylic acids is 1. The molecule has 114 valence electrons. The van der Waals surface area contributed by atoms with Crippen LogP contribution >= 0.6 is 11.6 Å². The zero-order chi connectivity index (χ0) is 16.2. The summed E-state index contributed by atoms with van der Waals surface area (Å²) in [6.07, 6.45) is 0. The van der Waals surface area contributed by atoms with Gasteiger partial charge in [0.2, 0.25) is 5.91 Å². The van der Waals surface area contributed by atoms with E-state index in [-0.39, 0.29) is 28.7 Å². The minimum Gasteiger partial charge on any atom is -0.478 e. The smallest absolute Gasteiger partial charge is 0.337 e. The number of carboxylic acid groups (broad SMARTS) is 1. The Hall–Kier alpha value is -2.28. The third-order valence-corrected chi connectivity index (χ3v) is 2.91. The molecule has 0 fully saturated rings. The van der Waals surface area contributed by atoms with Crippen LogP contribution < -0.4 is 5.32 Å². The number of likely N-dealkylation sites (N-methyl/N-ethyl adjacent to an activating group) is 2. The number of urea groups is 1. The molecule has 0 saturated heterocycles. The number of benzene rings is 1. The molecule has 7 nitrogen and oxygen atoms in total. The van der Waals surface area contributed by atoms with Crippen molar-refractivity contribution in [3.05, 3.63) is 28.8 Å². The second-order valence-corrected chi connectivity index (χ2v) is 5.01. The predicted molar refractivity (Wildman–Crippen MR) is 78.8 cm³/mol. The van der Waals surface area contributed by atoms with Crippen LogP contribution in [0, 0.1) is 0 Å². The summed E-state index contributed by atoms with van der Waals surface area (Å²) in [6, 6.07) is 3.51. The third-order valence-electron chi connectivity index (χ3n) is 2.67. The van der Waals surface area contributed by atoms with Gasteiger partial charge in [-0.25, -0.2) is 9.59 Å². The third kappa shape index (κ3) is 4.64. The molecule has 1 rings (SSSR count). The van der Waals surface area contributed by atoms with Crippen LogP contribution in [-0.4, -0.2) is 60.5 Å². The highest BCUT2D eigenvalue weighted by molar-refractivity contribution is 6.31. The maximum Gasteiger partial charge on any atom is 0.337 e. The maximum absolute atomic E-state index is 11.9. The van der Waals surface area contributed by atoms with Crippen molar-refractivity contribution in [3.63, 3.8) is 0 Å². The lowest BCUT2D eigenvalue weighted by Gasteiger charge is -2.20. The molecule has 0 heterocycles. The normalized spacial score (nSPS) is 9.90. The Kier molecular flexibility index (Phi) is 5.54. The number of amides is 3. The van der Waals surface area contributed by atoms with Crippen molar-refractivity contribution >= 4 is 35.2 Å². The SMILES string of the molecule is CN(C)C(=O)CN(C)C(=O)Nc1ccc(Cl)cc1C(=O)O. The zero-order valence-corrected chi connectivity index (χ0v) is 12.6. The lowest BCUT2D eigenvalue weighted by atomic mass is 10.2. The number of nitrogens with zero attached hydrogens (tertiary/aromatic N) is 2. The van der Waals surface area contributed by atoms with E-state index in [0.717, 1.165) is 4.90 Å². The molecule has 0 atom stereocenters. The van der Waals surface area contributed by atoms with Crippen LogP contribution in [0.15, 0.2) is 18.2 Å². The van der Waals surface area contributed by atoms with E-state index in [4.69, 9.17) is 16.7 Å². The van der Waals surface area contributed by atoms with Gasteiger partial charge in [-0.1, -0.05) is 11.6 Å². The lowest BCUT2D eigenvalue weighted by molar-refractivity contribution is -0.129. The number of carbonyl (C=O) groups is 3. The molecule has 8 heteroatoms. The van der Waals surface area contributed by atoms with Crippen molar-refractivity contribution in [2.75, 3.05) is 33.0 Å². The molecule has 0 saturated carbocycles. The largest absolute Gasteiger partial charge is 0.478 e. The number of rotatable bonds is 4. The lowest BCUT2D eigenvalue weighted by Crippen LogP contribution is -2.40. The van der Waals surface area contributed by atoms with Crippen LogP contribution in [0.4, 0.5) is 10.5 Å². The van der Waals surface area contributed by atoms with Crippen LogP contribution in [0.2, 0.25) is 5.02 Å². The van der Waals surface area contributed by atoms with E-state index >= 15 is 0 Å². The van der Waals surface area contributed by atoms with Crippen LogP contribution in [0.3, 0.4) is 0 Å². The Balaban J connectivity index is 2.84. The van der Waals surface area contributed by atoms with E-state index in [9.17, 15) is 14.4 Å². The van der Waals surface area contributed by atoms with Crippen molar-refractivity contribution in [1.82, 2.24) is 9.80 Å². The predicted octanol–water partition coefficient (Wildman–Crippen LogP) is 1.59. The Morgan fingerprint density at radius 3 is 2.38 bits per heavy atom. The molecule has 0 aliphatic rings. The van der Waals surface area contributed by atoms with E-state index < -0.39 is 12.0 Å². The maximum atomic E-state index is 11.9. The van der Waals surface area contributed by atoms with Crippen molar-refractivity contribution in [2.45, 2.75) is 0 Å². The second kappa shape index (κ2) is 6.94. The van der Waals surface area contributed by atoms with Crippen LogP contribution in [0.1, 0.15) is 10.4 Å². The molecule has 1 aromatic carbocycles. The quantitative estimate of drug-likeness (QED) is 0.883. The summed E-state index contributed by atoms with van der Waals surface area (Å²) in [7, 11) is 4.60. The molecular weight excluding hydrogens is 298 g/mol. The van der Waals surface area contributed by atoms with Crippen LogP contribution in [-0.2, 0) is 4.79 Å². The van der Waals surface area contributed by atoms with Crippen LogP contribution in [0.25, 0.3) is 0 Å². The van der Waals surface area contributed by atoms with Crippen molar-refractivity contribution in [1.29, 1.82) is 0 Å². The first-order chi connectivity index (χ1) is 9.72. The van der Waals surface area contributed by atoms with E-state index in [2.05, 4.69) is 5.32 Å². The minimum atomic E-state index is -1.21. The van der Waals surface area contributed by atoms with Gasteiger partial charge in [0.1, 0.15) is 6.54 Å². The molecule has 0 bridgehead atoms. The first kappa shape index (κ1) is 16.8. The zero-order valence-electron chi connectivity index (χ0n) is 11.9. The highest BCUT2D eigenvalue weighted by Crippen LogP contribution is 2.21. The fourth-order valence-electron chi connectivity index (χ4n) is 1.43. The van der Waals surface area contributed by atoms with E-state index in [1.54, 1.807) is 14.1 Å². The summed E-state index contributed by atoms with van der Waals surface area (Å²) >= 11 is 5.73. The molecule has 2 N–H and O–H groups in total. The average Bonchev–Trinajstić information content (AvgIpc) is 2.40. The molecule has 0 spiro atoms. The van der Waals surface area contributed by atoms with Gasteiger partial charge in [0.25, 0.3) is 0 Å². The number of nitrogens with one attached hydrogen (secondary N) is 1. The first-order valence-corrected chi connectivity index (χ1v) is 6.35. The summed E-state index contributed by atoms with van der Waals surface area (Å²) in [5, 5.41) is 11.8. The fourth-order valence-corrected chi connectivity index (χ4v) is 1.60. The molecule has 21 heavy (non-hydrogen) atoms. The molecule has 0 aliphatic carbocycles. The fraction of sp³-hybridized carbons (Fsp3) is 0.308. The van der Waals surface area contributed by atoms with Crippen LogP contribution in [0.5, 0.6) is 0 Å². The average molecular weight is 314 g/mol. The van der Waals surface area contributed by atoms with E-state index in [0.29, 0.717) is 0 Å². The summed E-state index contributed by atoms with van der Waals surface area (Å²) in [5.74, 6) is -1.46. The summed E-state index contributed by atoms with van der Waals surface area (Å²) < 4.78 is 0. The molecule has 0 aliphatic heterocycles. The Bertz CT molecular complexity index is 575. The van der Waals surface area contributed by atoms with Gasteiger partial charge in [0.05, 0.1) is 11.3 Å². The number of aromatic carboxylic acids is 1. The molecule has 1 aromatic rings. The van der Waals surface area contributed by atoms with Gasteiger partial charge in [-0.05, 0) is 18.2 Å². The highest BCUT2D eigenvalue weighted by atomic mass is 35.5. The van der Waals surface area contributed by atoms with E-state index in [1.807, 2.05) is 0 Å². The molecule has 3 amide bonds. The molecular formula is C13H16ClN3O4. The molecule has 0 radical (unpaired) electrons. The van der Waals surface area contributed by atoms with Crippen molar-refractivity contribution < 1.29 is 19.5 Å². The number of anilines is 1. The topological polar surface area (TPSA) is 90.0 Å². The molecule has 0 unspecified atom stereocenters. The summed E-state index contributed by atoms with van der Waals surface area (Å²) in [4.78, 5) is 37.1. The number of halogens is 1. The summed E-state index contributed by atoms with van der Waals surface area (Å²) in [6.45, 7) is -0.116. The van der Waals surface area contributed by atoms with Gasteiger partial charge in [-0.15, -0.1) is 0 Å². The van der Waals surface area contributed by atoms with Gasteiger partial charge < -0.3 is 20.2 Å². The standard InChI is InChI=1S/C13H16ClN3O4/c1-16(2)11(18)7-17(3)13(21)15-10-5-4-8(14)6-9(10)12(19)20/h4-6H,7H2,1-3H3,(H,15,21)(H,19,20). The van der Waals surface area contributed by atoms with Gasteiger partial charge in [-0.3, -0.25) is 4.79 Å². The second-order valence-electron chi connectivity index (χ2n) is 4.57. The number of hydrogen-bond donors (Lipinski definition) is 2. The van der Waals surface area contributed by atoms with Gasteiger partial charge >= 0.3 is 12.0 Å². The van der Waals surface area contributed by atoms with Gasteiger partial charge in [0.15, 0.2) is 0 Å². The number of carbonyl (C=O) groups excluding carboxylic acids is 2. The first-order valence-electron chi connectivity index (χ1n) is 5.97. The van der Waals surface area contributed by atoms with Gasteiger partial charge in [-0.2, -0.15) is 0 Å². The highest BCUT2D eigenvalue weighted by Gasteiger charge is 2.17. The minimum absolute atomic E-state index is 0.112. The Morgan fingerprint density at radius 2 is 1.86 bits per heavy atom. The van der Waals surface area contributed by atoms with Crippen molar-refractivity contribution in [3.8, 4) is 0 Å². The van der Waals surface area contributed by atoms with Crippen molar-refractivity contribution in [2.24, 2.45) is 0 Å². The molecule has 0 aromatic heterocycles. The number of hydrogen-bond acceptors (Lipinski definition) is 3. The Labute approximate surface area is 127 Å². The van der Waals surface area contributed by atoms with E-state index in [1.165, 1.54) is 30.1 Å². The van der Waals surface area contributed by atoms with Gasteiger partial charge in [0, 0.05) is 26.2 Å². The summed E-state index contributed by atoms with van der Waals surface area (Å²) in [5.41, 5.74) is -0.00996. The monoisotopic (exact) mass is 313 g/mol. The Morgan fingerprint density at radius 1 is 1.24 bits per heavy atom.